The van der Waals surface area contributed by atoms with E-state index in [0.717, 1.165) is 16.7 Å². The van der Waals surface area contributed by atoms with Crippen LogP contribution in [0.4, 0.5) is 5.69 Å². The molecule has 1 heterocycles. The summed E-state index contributed by atoms with van der Waals surface area (Å²) in [4.78, 5) is 0. The van der Waals surface area contributed by atoms with E-state index in [1.54, 1.807) is 6.20 Å². The van der Waals surface area contributed by atoms with Crippen LogP contribution < -0.4 is 5.32 Å². The van der Waals surface area contributed by atoms with Crippen LogP contribution in [0, 0.1) is 0 Å². The molecule has 0 fully saturated rings. The molecule has 1 aromatic heterocycles. The average molecular weight is 148 g/mol. The first kappa shape index (κ1) is 6.22. The van der Waals surface area contributed by atoms with Gasteiger partial charge in [-0.1, -0.05) is 5.16 Å². The largest absolute Gasteiger partial charge is 0.388 e. The highest BCUT2D eigenvalue weighted by Gasteiger charge is 1.97. The van der Waals surface area contributed by atoms with E-state index in [-0.39, 0.29) is 0 Å². The lowest BCUT2D eigenvalue weighted by molar-refractivity contribution is 0.456. The van der Waals surface area contributed by atoms with Crippen LogP contribution in [0.3, 0.4) is 0 Å². The SMILES string of the molecule is CNc1ccc2cnoc2c1. The topological polar surface area (TPSA) is 38.1 Å². The fourth-order valence-electron chi connectivity index (χ4n) is 1.02. The number of rotatable bonds is 1. The molecule has 0 radical (unpaired) electrons. The second kappa shape index (κ2) is 2.27. The maximum atomic E-state index is 4.97. The molecule has 1 N–H and O–H groups in total. The predicted octanol–water partition coefficient (Wildman–Crippen LogP) is 1.87. The number of hydrogen-bond acceptors (Lipinski definition) is 3. The van der Waals surface area contributed by atoms with Crippen LogP contribution in [0.2, 0.25) is 0 Å². The fraction of sp³-hybridized carbons (Fsp3) is 0.125. The highest BCUT2D eigenvalue weighted by atomic mass is 16.5. The Morgan fingerprint density at radius 2 is 2.36 bits per heavy atom. The summed E-state index contributed by atoms with van der Waals surface area (Å²) in [5, 5.41) is 7.73. The first-order valence-corrected chi connectivity index (χ1v) is 3.42. The van der Waals surface area contributed by atoms with Crippen molar-refractivity contribution < 1.29 is 4.52 Å². The number of aromatic nitrogens is 1. The molecule has 0 aliphatic rings. The lowest BCUT2D eigenvalue weighted by atomic mass is 10.2. The lowest BCUT2D eigenvalue weighted by Crippen LogP contribution is -1.85. The molecule has 0 atom stereocenters. The van der Waals surface area contributed by atoms with Gasteiger partial charge in [-0.05, 0) is 12.1 Å². The minimum atomic E-state index is 0.817. The van der Waals surface area contributed by atoms with Crippen LogP contribution in [0.1, 0.15) is 0 Å². The normalized spacial score (nSPS) is 10.3. The molecule has 0 spiro atoms. The molecule has 2 aromatic rings. The second-order valence-corrected chi connectivity index (χ2v) is 2.33. The number of anilines is 1. The van der Waals surface area contributed by atoms with Gasteiger partial charge in [-0.2, -0.15) is 0 Å². The van der Waals surface area contributed by atoms with Gasteiger partial charge in [-0.3, -0.25) is 0 Å². The Morgan fingerprint density at radius 1 is 1.45 bits per heavy atom. The minimum Gasteiger partial charge on any atom is -0.388 e. The van der Waals surface area contributed by atoms with Crippen LogP contribution in [0.15, 0.2) is 28.9 Å². The quantitative estimate of drug-likeness (QED) is 0.670. The second-order valence-electron chi connectivity index (χ2n) is 2.33. The van der Waals surface area contributed by atoms with Gasteiger partial charge < -0.3 is 9.84 Å². The molecule has 0 saturated carbocycles. The first-order chi connectivity index (χ1) is 5.40. The number of hydrogen-bond donors (Lipinski definition) is 1. The molecule has 0 aliphatic carbocycles. The predicted molar refractivity (Wildman–Crippen MR) is 43.6 cm³/mol. The summed E-state index contributed by atoms with van der Waals surface area (Å²) in [5.74, 6) is 0. The molecular weight excluding hydrogens is 140 g/mol. The Labute approximate surface area is 64.0 Å². The van der Waals surface area contributed by atoms with Crippen LogP contribution in [-0.2, 0) is 0 Å². The molecule has 3 nitrogen and oxygen atoms in total. The summed E-state index contributed by atoms with van der Waals surface area (Å²) in [6.45, 7) is 0. The van der Waals surface area contributed by atoms with E-state index < -0.39 is 0 Å². The van der Waals surface area contributed by atoms with Crippen LogP contribution in [-0.4, -0.2) is 12.2 Å². The van der Waals surface area contributed by atoms with Crippen LogP contribution in [0.5, 0.6) is 0 Å². The molecule has 0 aliphatic heterocycles. The highest BCUT2D eigenvalue weighted by molar-refractivity contribution is 5.79. The van der Waals surface area contributed by atoms with E-state index in [4.69, 9.17) is 4.52 Å². The Hall–Kier alpha value is -1.51. The number of benzene rings is 1. The molecule has 3 heteroatoms. The van der Waals surface area contributed by atoms with Gasteiger partial charge in [0, 0.05) is 24.2 Å². The van der Waals surface area contributed by atoms with Crippen LogP contribution >= 0.6 is 0 Å². The van der Waals surface area contributed by atoms with Gasteiger partial charge in [0.1, 0.15) is 0 Å². The van der Waals surface area contributed by atoms with E-state index in [9.17, 15) is 0 Å². The van der Waals surface area contributed by atoms with Gasteiger partial charge >= 0.3 is 0 Å². The summed E-state index contributed by atoms with van der Waals surface area (Å²) >= 11 is 0. The highest BCUT2D eigenvalue weighted by Crippen LogP contribution is 2.17. The zero-order valence-corrected chi connectivity index (χ0v) is 6.16. The van der Waals surface area contributed by atoms with E-state index in [1.165, 1.54) is 0 Å². The zero-order chi connectivity index (χ0) is 7.68. The van der Waals surface area contributed by atoms with Gasteiger partial charge in [0.2, 0.25) is 0 Å². The smallest absolute Gasteiger partial charge is 0.168 e. The molecular formula is C8H8N2O. The van der Waals surface area contributed by atoms with Crippen molar-refractivity contribution in [1.29, 1.82) is 0 Å². The standard InChI is InChI=1S/C8H8N2O/c1-9-7-3-2-6-5-10-11-8(6)4-7/h2-5,9H,1H3. The number of nitrogens with zero attached hydrogens (tertiary/aromatic N) is 1. The van der Waals surface area contributed by atoms with Crippen molar-refractivity contribution >= 4 is 16.7 Å². The van der Waals surface area contributed by atoms with E-state index in [0.29, 0.717) is 0 Å². The maximum Gasteiger partial charge on any atom is 0.168 e. The van der Waals surface area contributed by atoms with E-state index in [1.807, 2.05) is 25.2 Å². The Bertz CT molecular complexity index is 367. The molecule has 0 unspecified atom stereocenters. The molecule has 1 aromatic carbocycles. The summed E-state index contributed by atoms with van der Waals surface area (Å²) < 4.78 is 4.97. The van der Waals surface area contributed by atoms with Crippen molar-refractivity contribution in [3.63, 3.8) is 0 Å². The first-order valence-electron chi connectivity index (χ1n) is 3.42. The molecule has 0 amide bonds. The lowest BCUT2D eigenvalue weighted by Gasteiger charge is -1.95. The summed E-state index contributed by atoms with van der Waals surface area (Å²) in [6.07, 6.45) is 1.70. The third-order valence-electron chi connectivity index (χ3n) is 1.65. The molecule has 2 rings (SSSR count). The van der Waals surface area contributed by atoms with Crippen molar-refractivity contribution in [2.75, 3.05) is 12.4 Å². The van der Waals surface area contributed by atoms with E-state index >= 15 is 0 Å². The molecule has 11 heavy (non-hydrogen) atoms. The van der Waals surface area contributed by atoms with Crippen molar-refractivity contribution in [2.24, 2.45) is 0 Å². The van der Waals surface area contributed by atoms with Crippen molar-refractivity contribution in [3.8, 4) is 0 Å². The maximum absolute atomic E-state index is 4.97. The summed E-state index contributed by atoms with van der Waals surface area (Å²) in [5.41, 5.74) is 1.85. The van der Waals surface area contributed by atoms with Gasteiger partial charge in [-0.15, -0.1) is 0 Å². The van der Waals surface area contributed by atoms with Gasteiger partial charge in [0.15, 0.2) is 5.58 Å². The van der Waals surface area contributed by atoms with E-state index in [2.05, 4.69) is 10.5 Å². The Balaban J connectivity index is 2.67. The van der Waals surface area contributed by atoms with Crippen molar-refractivity contribution in [2.45, 2.75) is 0 Å². The van der Waals surface area contributed by atoms with Gasteiger partial charge in [0.25, 0.3) is 0 Å². The minimum absolute atomic E-state index is 0.817. The summed E-state index contributed by atoms with van der Waals surface area (Å²) in [6, 6.07) is 5.87. The van der Waals surface area contributed by atoms with Crippen LogP contribution in [0.25, 0.3) is 11.0 Å². The fourth-order valence-corrected chi connectivity index (χ4v) is 1.02. The van der Waals surface area contributed by atoms with Crippen molar-refractivity contribution in [1.82, 2.24) is 5.16 Å². The number of fused-ring (bicyclic) bond motifs is 1. The summed E-state index contributed by atoms with van der Waals surface area (Å²) in [7, 11) is 1.87. The zero-order valence-electron chi connectivity index (χ0n) is 6.16. The monoisotopic (exact) mass is 148 g/mol. The van der Waals surface area contributed by atoms with Gasteiger partial charge in [0.05, 0.1) is 6.20 Å². The average Bonchev–Trinajstić information content (AvgIpc) is 2.50. The third kappa shape index (κ3) is 0.941. The molecule has 56 valence electrons. The third-order valence-corrected chi connectivity index (χ3v) is 1.65. The number of nitrogens with one attached hydrogen (secondary N) is 1. The molecule has 0 saturated heterocycles. The Morgan fingerprint density at radius 3 is 3.18 bits per heavy atom. The Kier molecular flexibility index (Phi) is 1.28. The van der Waals surface area contributed by atoms with Gasteiger partial charge in [-0.25, -0.2) is 0 Å². The van der Waals surface area contributed by atoms with Crippen molar-refractivity contribution in [3.05, 3.63) is 24.4 Å². The molecule has 0 bridgehead atoms.